The number of hydrogen-bond donors (Lipinski definition) is 2. The summed E-state index contributed by atoms with van der Waals surface area (Å²) >= 11 is 2.85. The van der Waals surface area contributed by atoms with Gasteiger partial charge in [-0.3, -0.25) is 4.79 Å². The number of carbonyl (C=O) groups excluding carboxylic acids is 1. The number of carbonyl (C=O) groups is 1. The van der Waals surface area contributed by atoms with Crippen LogP contribution in [-0.2, 0) is 11.0 Å². The number of rotatable bonds is 3. The number of anilines is 1. The van der Waals surface area contributed by atoms with E-state index in [1.807, 2.05) is 0 Å². The van der Waals surface area contributed by atoms with Crippen molar-refractivity contribution < 1.29 is 18.0 Å². The third kappa shape index (κ3) is 3.70. The van der Waals surface area contributed by atoms with E-state index >= 15 is 0 Å². The first-order valence-corrected chi connectivity index (χ1v) is 6.53. The Morgan fingerprint density at radius 3 is 2.63 bits per heavy atom. The van der Waals surface area contributed by atoms with Crippen LogP contribution < -0.4 is 10.6 Å². The molecule has 7 heteroatoms. The van der Waals surface area contributed by atoms with Crippen molar-refractivity contribution in [1.82, 2.24) is 5.32 Å². The van der Waals surface area contributed by atoms with Crippen LogP contribution in [0.25, 0.3) is 0 Å². The molecule has 0 aliphatic carbocycles. The van der Waals surface area contributed by atoms with Crippen LogP contribution in [-0.4, -0.2) is 19.0 Å². The zero-order valence-electron chi connectivity index (χ0n) is 9.85. The Hall–Kier alpha value is -1.08. The largest absolute Gasteiger partial charge is 0.417 e. The van der Waals surface area contributed by atoms with Gasteiger partial charge in [-0.1, -0.05) is 15.9 Å². The standard InChI is InChI=1S/C12H12BrF3N2O/c13-10-2-1-8(4-9(10)12(14,15)16)18-11(19)3-7-5-17-6-7/h1-2,4,7,17H,3,5-6H2,(H,18,19). The summed E-state index contributed by atoms with van der Waals surface area (Å²) < 4.78 is 38.0. The number of benzene rings is 1. The average Bonchev–Trinajstić information content (AvgIpc) is 2.25. The zero-order chi connectivity index (χ0) is 14.0. The van der Waals surface area contributed by atoms with Gasteiger partial charge in [0.15, 0.2) is 0 Å². The zero-order valence-corrected chi connectivity index (χ0v) is 11.4. The minimum absolute atomic E-state index is 0.0406. The van der Waals surface area contributed by atoms with Gasteiger partial charge in [0.05, 0.1) is 5.56 Å². The lowest BCUT2D eigenvalue weighted by molar-refractivity contribution is -0.138. The molecule has 0 unspecified atom stereocenters. The van der Waals surface area contributed by atoms with Crippen LogP contribution in [0.2, 0.25) is 0 Å². The molecule has 2 rings (SSSR count). The summed E-state index contributed by atoms with van der Waals surface area (Å²) in [6.07, 6.45) is -4.12. The fourth-order valence-electron chi connectivity index (χ4n) is 1.79. The van der Waals surface area contributed by atoms with Gasteiger partial charge in [0.25, 0.3) is 0 Å². The van der Waals surface area contributed by atoms with Crippen LogP contribution in [0.4, 0.5) is 18.9 Å². The SMILES string of the molecule is O=C(CC1CNC1)Nc1ccc(Br)c(C(F)(F)F)c1. The first kappa shape index (κ1) is 14.3. The fourth-order valence-corrected chi connectivity index (χ4v) is 2.26. The van der Waals surface area contributed by atoms with Crippen LogP contribution in [0.1, 0.15) is 12.0 Å². The Labute approximate surface area is 116 Å². The number of nitrogens with one attached hydrogen (secondary N) is 2. The second-order valence-electron chi connectivity index (χ2n) is 4.47. The molecule has 1 aromatic carbocycles. The third-order valence-electron chi connectivity index (χ3n) is 2.90. The molecule has 1 heterocycles. The maximum atomic E-state index is 12.7. The van der Waals surface area contributed by atoms with Gasteiger partial charge in [0, 0.05) is 16.6 Å². The van der Waals surface area contributed by atoms with Crippen LogP contribution in [0.5, 0.6) is 0 Å². The Kier molecular flexibility index (Phi) is 4.15. The summed E-state index contributed by atoms with van der Waals surface area (Å²) in [5, 5.41) is 5.53. The highest BCUT2D eigenvalue weighted by Gasteiger charge is 2.33. The van der Waals surface area contributed by atoms with Crippen molar-refractivity contribution in [2.45, 2.75) is 12.6 Å². The van der Waals surface area contributed by atoms with Gasteiger partial charge >= 0.3 is 6.18 Å². The Morgan fingerprint density at radius 1 is 1.42 bits per heavy atom. The van der Waals surface area contributed by atoms with E-state index in [0.29, 0.717) is 6.42 Å². The van der Waals surface area contributed by atoms with Crippen molar-refractivity contribution in [2.24, 2.45) is 5.92 Å². The molecule has 0 spiro atoms. The molecule has 2 N–H and O–H groups in total. The number of alkyl halides is 3. The molecule has 1 aliphatic rings. The van der Waals surface area contributed by atoms with Crippen LogP contribution in [0.15, 0.2) is 22.7 Å². The molecule has 1 fully saturated rings. The molecule has 1 aliphatic heterocycles. The van der Waals surface area contributed by atoms with E-state index in [0.717, 1.165) is 19.2 Å². The maximum Gasteiger partial charge on any atom is 0.417 e. The highest BCUT2D eigenvalue weighted by molar-refractivity contribution is 9.10. The molecule has 1 amide bonds. The van der Waals surface area contributed by atoms with E-state index in [2.05, 4.69) is 26.6 Å². The summed E-state index contributed by atoms with van der Waals surface area (Å²) in [6, 6.07) is 3.65. The third-order valence-corrected chi connectivity index (χ3v) is 3.59. The molecule has 0 atom stereocenters. The van der Waals surface area contributed by atoms with E-state index in [1.54, 1.807) is 0 Å². The van der Waals surface area contributed by atoms with Crippen molar-refractivity contribution in [3.8, 4) is 0 Å². The van der Waals surface area contributed by atoms with Crippen LogP contribution >= 0.6 is 15.9 Å². The molecule has 19 heavy (non-hydrogen) atoms. The number of hydrogen-bond acceptors (Lipinski definition) is 2. The first-order chi connectivity index (χ1) is 8.86. The van der Waals surface area contributed by atoms with Gasteiger partial charge in [0.2, 0.25) is 5.91 Å². The molecular formula is C12H12BrF3N2O. The van der Waals surface area contributed by atoms with Gasteiger partial charge in [-0.25, -0.2) is 0 Å². The molecule has 1 saturated heterocycles. The molecule has 0 aromatic heterocycles. The van der Waals surface area contributed by atoms with Crippen molar-refractivity contribution in [3.05, 3.63) is 28.2 Å². The summed E-state index contributed by atoms with van der Waals surface area (Å²) in [6.45, 7) is 1.56. The van der Waals surface area contributed by atoms with Crippen molar-refractivity contribution in [1.29, 1.82) is 0 Å². The van der Waals surface area contributed by atoms with Crippen LogP contribution in [0.3, 0.4) is 0 Å². The van der Waals surface area contributed by atoms with Gasteiger partial charge < -0.3 is 10.6 Å². The van der Waals surface area contributed by atoms with Crippen LogP contribution in [0, 0.1) is 5.92 Å². The normalized spacial score (nSPS) is 16.0. The van der Waals surface area contributed by atoms with E-state index in [1.165, 1.54) is 12.1 Å². The maximum absolute atomic E-state index is 12.7. The predicted molar refractivity (Wildman–Crippen MR) is 68.8 cm³/mol. The lowest BCUT2D eigenvalue weighted by atomic mass is 9.99. The quantitative estimate of drug-likeness (QED) is 0.890. The van der Waals surface area contributed by atoms with Crippen molar-refractivity contribution in [3.63, 3.8) is 0 Å². The summed E-state index contributed by atoms with van der Waals surface area (Å²) in [5.74, 6) is 0.0134. The number of halogens is 4. The molecule has 1 aromatic rings. The highest BCUT2D eigenvalue weighted by atomic mass is 79.9. The topological polar surface area (TPSA) is 41.1 Å². The molecule has 104 valence electrons. The smallest absolute Gasteiger partial charge is 0.326 e. The predicted octanol–water partition coefficient (Wildman–Crippen LogP) is 3.02. The lowest BCUT2D eigenvalue weighted by Gasteiger charge is -2.26. The van der Waals surface area contributed by atoms with E-state index in [9.17, 15) is 18.0 Å². The fraction of sp³-hybridized carbons (Fsp3) is 0.417. The molecule has 0 radical (unpaired) electrons. The van der Waals surface area contributed by atoms with Gasteiger partial charge in [-0.05, 0) is 37.2 Å². The van der Waals surface area contributed by atoms with Crippen molar-refractivity contribution in [2.75, 3.05) is 18.4 Å². The Balaban J connectivity index is 2.06. The lowest BCUT2D eigenvalue weighted by Crippen LogP contribution is -2.43. The Morgan fingerprint density at radius 2 is 2.11 bits per heavy atom. The van der Waals surface area contributed by atoms with Gasteiger partial charge in [-0.2, -0.15) is 13.2 Å². The molecule has 3 nitrogen and oxygen atoms in total. The molecule has 0 saturated carbocycles. The van der Waals surface area contributed by atoms with Gasteiger partial charge in [-0.15, -0.1) is 0 Å². The monoisotopic (exact) mass is 336 g/mol. The van der Waals surface area contributed by atoms with E-state index in [4.69, 9.17) is 0 Å². The first-order valence-electron chi connectivity index (χ1n) is 5.73. The summed E-state index contributed by atoms with van der Waals surface area (Å²) in [5.41, 5.74) is -0.636. The Bertz CT molecular complexity index is 486. The second-order valence-corrected chi connectivity index (χ2v) is 5.32. The summed E-state index contributed by atoms with van der Waals surface area (Å²) in [7, 11) is 0. The minimum atomic E-state index is -4.45. The number of amides is 1. The van der Waals surface area contributed by atoms with E-state index in [-0.39, 0.29) is 22.0 Å². The second kappa shape index (κ2) is 5.50. The van der Waals surface area contributed by atoms with Crippen molar-refractivity contribution >= 4 is 27.5 Å². The average molecular weight is 337 g/mol. The molecule has 0 bridgehead atoms. The molecular weight excluding hydrogens is 325 g/mol. The summed E-state index contributed by atoms with van der Waals surface area (Å²) in [4.78, 5) is 11.6. The highest BCUT2D eigenvalue weighted by Crippen LogP contribution is 2.36. The minimum Gasteiger partial charge on any atom is -0.326 e. The van der Waals surface area contributed by atoms with E-state index < -0.39 is 11.7 Å². The van der Waals surface area contributed by atoms with Gasteiger partial charge in [0.1, 0.15) is 0 Å².